The van der Waals surface area contributed by atoms with Crippen LogP contribution in [-0.4, -0.2) is 13.1 Å². The molecule has 142 valence electrons. The number of nitrogens with zero attached hydrogens (tertiary/aromatic N) is 1. The molecule has 0 amide bonds. The first kappa shape index (κ1) is 20.3. The predicted octanol–water partition coefficient (Wildman–Crippen LogP) is 7.31. The zero-order chi connectivity index (χ0) is 17.7. The van der Waals surface area contributed by atoms with Crippen molar-refractivity contribution < 1.29 is 0 Å². The van der Waals surface area contributed by atoms with Gasteiger partial charge in [-0.3, -0.25) is 0 Å². The third-order valence-corrected chi connectivity index (χ3v) is 5.75. The summed E-state index contributed by atoms with van der Waals surface area (Å²) in [5, 5.41) is 0. The number of aryl methyl sites for hydroxylation is 1. The number of anilines is 1. The lowest BCUT2D eigenvalue weighted by molar-refractivity contribution is 0.599. The molecule has 0 fully saturated rings. The van der Waals surface area contributed by atoms with Crippen molar-refractivity contribution in [3.8, 4) is 0 Å². The summed E-state index contributed by atoms with van der Waals surface area (Å²) in [6.07, 6.45) is 19.3. The molecule has 1 aromatic rings. The van der Waals surface area contributed by atoms with E-state index in [1.807, 2.05) is 0 Å². The molecule has 0 N–H and O–H groups in total. The number of hydrogen-bond donors (Lipinski definition) is 0. The van der Waals surface area contributed by atoms with Crippen LogP contribution in [0.5, 0.6) is 0 Å². The minimum Gasteiger partial charge on any atom is -0.371 e. The lowest BCUT2D eigenvalue weighted by atomic mass is 10.0. The van der Waals surface area contributed by atoms with Crippen LogP contribution in [0.2, 0.25) is 0 Å². The first-order valence-electron chi connectivity index (χ1n) is 11.2. The Morgan fingerprint density at radius 3 is 2.12 bits per heavy atom. The molecule has 1 nitrogen and oxygen atoms in total. The minimum atomic E-state index is 1.25. The number of hydrogen-bond acceptors (Lipinski definition) is 1. The van der Waals surface area contributed by atoms with E-state index in [2.05, 4.69) is 36.9 Å². The fourth-order valence-electron chi connectivity index (χ4n) is 4.22. The molecule has 0 aliphatic carbocycles. The van der Waals surface area contributed by atoms with Crippen molar-refractivity contribution in [2.24, 2.45) is 0 Å². The molecular weight excluding hydrogens is 302 g/mol. The Bertz CT molecular complexity index is 465. The molecule has 0 bridgehead atoms. The van der Waals surface area contributed by atoms with E-state index in [-0.39, 0.29) is 0 Å². The highest BCUT2D eigenvalue weighted by molar-refractivity contribution is 5.63. The molecule has 0 aromatic heterocycles. The van der Waals surface area contributed by atoms with Crippen LogP contribution in [-0.2, 0) is 12.8 Å². The van der Waals surface area contributed by atoms with Gasteiger partial charge in [0.25, 0.3) is 0 Å². The highest BCUT2D eigenvalue weighted by atomic mass is 15.1. The van der Waals surface area contributed by atoms with Gasteiger partial charge < -0.3 is 4.90 Å². The van der Waals surface area contributed by atoms with Gasteiger partial charge in [0.15, 0.2) is 0 Å². The van der Waals surface area contributed by atoms with Crippen molar-refractivity contribution in [1.82, 2.24) is 0 Å². The van der Waals surface area contributed by atoms with Crippen LogP contribution in [0.1, 0.15) is 102 Å². The lowest BCUT2D eigenvalue weighted by Crippen LogP contribution is -2.22. The molecule has 0 radical (unpaired) electrons. The van der Waals surface area contributed by atoms with Gasteiger partial charge in [-0.2, -0.15) is 0 Å². The molecule has 1 heteroatoms. The molecule has 0 spiro atoms. The quantitative estimate of drug-likeness (QED) is 0.320. The first-order chi connectivity index (χ1) is 12.4. The van der Waals surface area contributed by atoms with Crippen LogP contribution in [0.4, 0.5) is 5.69 Å². The molecule has 0 atom stereocenters. The molecule has 0 unspecified atom stereocenters. The second-order valence-corrected chi connectivity index (χ2v) is 7.95. The zero-order valence-electron chi connectivity index (χ0n) is 17.0. The van der Waals surface area contributed by atoms with E-state index in [4.69, 9.17) is 0 Å². The number of unbranched alkanes of at least 4 members (excludes halogenated alkanes) is 10. The lowest BCUT2D eigenvalue weighted by Gasteiger charge is -2.22. The molecule has 1 aliphatic heterocycles. The Morgan fingerprint density at radius 1 is 0.760 bits per heavy atom. The summed E-state index contributed by atoms with van der Waals surface area (Å²) in [7, 11) is 0. The molecule has 1 aliphatic rings. The fraction of sp³-hybridized carbons (Fsp3) is 0.750. The molecule has 1 aromatic carbocycles. The van der Waals surface area contributed by atoms with Gasteiger partial charge in [-0.15, -0.1) is 0 Å². The Balaban J connectivity index is 1.76. The van der Waals surface area contributed by atoms with Gasteiger partial charge in [0.1, 0.15) is 0 Å². The SMILES string of the molecule is CCCCCCCCc1cccc2c1N(CCCCCCCC)CC2. The highest BCUT2D eigenvalue weighted by Gasteiger charge is 2.21. The van der Waals surface area contributed by atoms with E-state index < -0.39 is 0 Å². The number of fused-ring (bicyclic) bond motifs is 1. The van der Waals surface area contributed by atoms with Crippen molar-refractivity contribution in [3.63, 3.8) is 0 Å². The van der Waals surface area contributed by atoms with Gasteiger partial charge in [0.05, 0.1) is 0 Å². The molecule has 1 heterocycles. The Kier molecular flexibility index (Phi) is 10.1. The monoisotopic (exact) mass is 343 g/mol. The van der Waals surface area contributed by atoms with Crippen LogP contribution in [0.15, 0.2) is 18.2 Å². The second kappa shape index (κ2) is 12.4. The van der Waals surface area contributed by atoms with E-state index in [0.29, 0.717) is 0 Å². The van der Waals surface area contributed by atoms with Crippen LogP contribution < -0.4 is 4.90 Å². The van der Waals surface area contributed by atoms with Crippen molar-refractivity contribution in [2.75, 3.05) is 18.0 Å². The smallest absolute Gasteiger partial charge is 0.0432 e. The van der Waals surface area contributed by atoms with E-state index in [0.717, 1.165) is 0 Å². The van der Waals surface area contributed by atoms with Gasteiger partial charge >= 0.3 is 0 Å². The maximum atomic E-state index is 2.70. The van der Waals surface area contributed by atoms with E-state index in [9.17, 15) is 0 Å². The molecule has 0 saturated heterocycles. The second-order valence-electron chi connectivity index (χ2n) is 7.95. The third-order valence-electron chi connectivity index (χ3n) is 5.75. The Hall–Kier alpha value is -0.980. The first-order valence-corrected chi connectivity index (χ1v) is 11.2. The summed E-state index contributed by atoms with van der Waals surface area (Å²) in [6, 6.07) is 7.05. The summed E-state index contributed by atoms with van der Waals surface area (Å²) in [4.78, 5) is 2.70. The van der Waals surface area contributed by atoms with Gasteiger partial charge in [-0.1, -0.05) is 96.3 Å². The van der Waals surface area contributed by atoms with E-state index in [1.165, 1.54) is 103 Å². The number of rotatable bonds is 14. The van der Waals surface area contributed by atoms with Crippen LogP contribution in [0.3, 0.4) is 0 Å². The third kappa shape index (κ3) is 7.04. The Labute approximate surface area is 157 Å². The van der Waals surface area contributed by atoms with Crippen molar-refractivity contribution in [1.29, 1.82) is 0 Å². The van der Waals surface area contributed by atoms with Crippen molar-refractivity contribution >= 4 is 5.69 Å². The average molecular weight is 344 g/mol. The fourth-order valence-corrected chi connectivity index (χ4v) is 4.22. The number of para-hydroxylation sites is 1. The van der Waals surface area contributed by atoms with Crippen molar-refractivity contribution in [3.05, 3.63) is 29.3 Å². The van der Waals surface area contributed by atoms with Crippen LogP contribution >= 0.6 is 0 Å². The van der Waals surface area contributed by atoms with Gasteiger partial charge in [0.2, 0.25) is 0 Å². The number of benzene rings is 1. The summed E-state index contributed by atoms with van der Waals surface area (Å²) in [5.41, 5.74) is 4.84. The predicted molar refractivity (Wildman–Crippen MR) is 113 cm³/mol. The minimum absolute atomic E-state index is 1.25. The van der Waals surface area contributed by atoms with Gasteiger partial charge in [-0.25, -0.2) is 0 Å². The van der Waals surface area contributed by atoms with E-state index >= 15 is 0 Å². The molecule has 0 saturated carbocycles. The molecule has 2 rings (SSSR count). The topological polar surface area (TPSA) is 3.24 Å². The van der Waals surface area contributed by atoms with Crippen LogP contribution in [0, 0.1) is 0 Å². The van der Waals surface area contributed by atoms with Crippen LogP contribution in [0.25, 0.3) is 0 Å². The van der Waals surface area contributed by atoms with Gasteiger partial charge in [0, 0.05) is 18.8 Å². The largest absolute Gasteiger partial charge is 0.371 e. The maximum Gasteiger partial charge on any atom is 0.0432 e. The molecular formula is C24H41N. The molecule has 25 heavy (non-hydrogen) atoms. The average Bonchev–Trinajstić information content (AvgIpc) is 3.05. The standard InChI is InChI=1S/C24H41N/c1-3-5-7-9-11-13-16-22-17-15-18-23-19-21-25(24(22)23)20-14-12-10-8-6-4-2/h15,17-18H,3-14,16,19-21H2,1-2H3. The normalized spacial score (nSPS) is 13.4. The highest BCUT2D eigenvalue weighted by Crippen LogP contribution is 2.33. The summed E-state index contributed by atoms with van der Waals surface area (Å²) in [6.45, 7) is 7.11. The summed E-state index contributed by atoms with van der Waals surface area (Å²) in [5.74, 6) is 0. The van der Waals surface area contributed by atoms with Crippen molar-refractivity contribution in [2.45, 2.75) is 104 Å². The Morgan fingerprint density at radius 2 is 1.40 bits per heavy atom. The summed E-state index contributed by atoms with van der Waals surface area (Å²) < 4.78 is 0. The zero-order valence-corrected chi connectivity index (χ0v) is 17.0. The summed E-state index contributed by atoms with van der Waals surface area (Å²) >= 11 is 0. The maximum absolute atomic E-state index is 2.70. The van der Waals surface area contributed by atoms with E-state index in [1.54, 1.807) is 16.8 Å². The van der Waals surface area contributed by atoms with Gasteiger partial charge in [-0.05, 0) is 36.8 Å².